The van der Waals surface area contributed by atoms with Gasteiger partial charge in [-0.15, -0.1) is 11.3 Å². The third-order valence-electron chi connectivity index (χ3n) is 3.65. The SMILES string of the molecule is CC[NH+]1C=C(C(=O)O)C(=O)c2ccc(-c3nc(C)cs3)cc21. The normalized spacial score (nSPS) is 17.1. The van der Waals surface area contributed by atoms with Gasteiger partial charge in [0.1, 0.15) is 16.9 Å². The summed E-state index contributed by atoms with van der Waals surface area (Å²) in [7, 11) is 0. The number of nitrogens with zero attached hydrogens (tertiary/aromatic N) is 1. The molecule has 0 radical (unpaired) electrons. The number of aryl methyl sites for hydroxylation is 1. The predicted octanol–water partition coefficient (Wildman–Crippen LogP) is 1.82. The number of rotatable bonds is 3. The van der Waals surface area contributed by atoms with Crippen LogP contribution in [0.1, 0.15) is 23.0 Å². The number of hydrogen-bond acceptors (Lipinski definition) is 4. The van der Waals surface area contributed by atoms with E-state index >= 15 is 0 Å². The number of thiazole rings is 1. The number of ketones is 1. The lowest BCUT2D eigenvalue weighted by atomic mass is 9.96. The summed E-state index contributed by atoms with van der Waals surface area (Å²) in [5, 5.41) is 12.1. The van der Waals surface area contributed by atoms with E-state index in [9.17, 15) is 14.7 Å². The quantitative estimate of drug-likeness (QED) is 0.848. The molecule has 0 saturated carbocycles. The maximum atomic E-state index is 12.3. The van der Waals surface area contributed by atoms with Gasteiger partial charge in [0.2, 0.25) is 5.78 Å². The van der Waals surface area contributed by atoms with Crippen molar-refractivity contribution in [3.8, 4) is 10.6 Å². The largest absolute Gasteiger partial charge is 0.477 e. The van der Waals surface area contributed by atoms with Crippen molar-refractivity contribution >= 4 is 28.8 Å². The minimum absolute atomic E-state index is 0.165. The van der Waals surface area contributed by atoms with Gasteiger partial charge in [0.25, 0.3) is 0 Å². The molecule has 0 spiro atoms. The van der Waals surface area contributed by atoms with E-state index in [-0.39, 0.29) is 5.57 Å². The molecular weight excluding hydrogens is 300 g/mol. The Morgan fingerprint density at radius 2 is 2.18 bits per heavy atom. The van der Waals surface area contributed by atoms with E-state index in [0.717, 1.165) is 26.9 Å². The number of aromatic nitrogens is 1. The average Bonchev–Trinajstić information content (AvgIpc) is 2.93. The molecule has 5 nitrogen and oxygen atoms in total. The van der Waals surface area contributed by atoms with Crippen molar-refractivity contribution < 1.29 is 19.6 Å². The molecule has 0 bridgehead atoms. The third kappa shape index (κ3) is 2.36. The summed E-state index contributed by atoms with van der Waals surface area (Å²) in [4.78, 5) is 28.8. The smallest absolute Gasteiger partial charge is 0.345 e. The molecule has 1 aromatic carbocycles. The number of carbonyl (C=O) groups excluding carboxylic acids is 1. The van der Waals surface area contributed by atoms with E-state index in [2.05, 4.69) is 4.98 Å². The second-order valence-corrected chi connectivity index (χ2v) is 5.98. The number of benzene rings is 1. The molecule has 0 aliphatic carbocycles. The predicted molar refractivity (Wildman–Crippen MR) is 83.5 cm³/mol. The first-order chi connectivity index (χ1) is 10.5. The highest BCUT2D eigenvalue weighted by Crippen LogP contribution is 2.29. The first-order valence-electron chi connectivity index (χ1n) is 6.93. The van der Waals surface area contributed by atoms with Crippen LogP contribution in [0.25, 0.3) is 10.6 Å². The molecule has 1 aliphatic rings. The molecule has 1 atom stereocenters. The van der Waals surface area contributed by atoms with Gasteiger partial charge in [0.15, 0.2) is 5.57 Å². The molecule has 6 heteroatoms. The maximum Gasteiger partial charge on any atom is 0.345 e. The molecular formula is C16H15N2O3S+. The summed E-state index contributed by atoms with van der Waals surface area (Å²) in [6, 6.07) is 5.46. The minimum atomic E-state index is -1.18. The Hall–Kier alpha value is -2.31. The van der Waals surface area contributed by atoms with Crippen LogP contribution < -0.4 is 4.90 Å². The van der Waals surface area contributed by atoms with E-state index in [4.69, 9.17) is 0 Å². The molecule has 0 saturated heterocycles. The standard InChI is InChI=1S/C16H14N2O3S/c1-3-18-7-12(16(20)21)14(19)11-5-4-10(6-13(11)18)15-17-9(2)8-22-15/h4-8H,3H2,1-2H3,(H,20,21)/p+1. The summed E-state index contributed by atoms with van der Waals surface area (Å²) >= 11 is 1.55. The number of carboxylic acid groups (broad SMARTS) is 1. The molecule has 22 heavy (non-hydrogen) atoms. The molecule has 2 aromatic rings. The van der Waals surface area contributed by atoms with Crippen LogP contribution >= 0.6 is 11.3 Å². The van der Waals surface area contributed by atoms with Crippen molar-refractivity contribution in [1.29, 1.82) is 0 Å². The second-order valence-electron chi connectivity index (χ2n) is 5.13. The highest BCUT2D eigenvalue weighted by molar-refractivity contribution is 7.13. The molecule has 1 aromatic heterocycles. The van der Waals surface area contributed by atoms with E-state index in [0.29, 0.717) is 12.1 Å². The number of quaternary nitrogens is 1. The number of nitrogens with one attached hydrogen (secondary N) is 1. The van der Waals surface area contributed by atoms with Gasteiger partial charge in [-0.1, -0.05) is 6.07 Å². The molecule has 0 amide bonds. The zero-order valence-electron chi connectivity index (χ0n) is 12.2. The van der Waals surface area contributed by atoms with Gasteiger partial charge in [-0.3, -0.25) is 9.69 Å². The number of fused-ring (bicyclic) bond motifs is 1. The van der Waals surface area contributed by atoms with Gasteiger partial charge in [-0.2, -0.15) is 0 Å². The summed E-state index contributed by atoms with van der Waals surface area (Å²) in [5.41, 5.74) is 3.00. The van der Waals surface area contributed by atoms with Crippen molar-refractivity contribution in [1.82, 2.24) is 4.98 Å². The number of carbonyl (C=O) groups is 2. The lowest BCUT2D eigenvalue weighted by molar-refractivity contribution is -0.773. The first kappa shape index (κ1) is 14.6. The van der Waals surface area contributed by atoms with Crippen LogP contribution in [0, 0.1) is 6.92 Å². The van der Waals surface area contributed by atoms with Crippen LogP contribution in [0.15, 0.2) is 35.4 Å². The zero-order valence-corrected chi connectivity index (χ0v) is 13.0. The van der Waals surface area contributed by atoms with Gasteiger partial charge in [-0.25, -0.2) is 9.78 Å². The number of Topliss-reactive ketones (excluding diaryl/α,β-unsaturated/α-hetero) is 1. The molecule has 2 heterocycles. The fourth-order valence-corrected chi connectivity index (χ4v) is 3.34. The Bertz CT molecular complexity index is 807. The maximum absolute atomic E-state index is 12.3. The Morgan fingerprint density at radius 1 is 1.41 bits per heavy atom. The molecule has 0 fully saturated rings. The topological polar surface area (TPSA) is 71.7 Å². The van der Waals surface area contributed by atoms with Crippen molar-refractivity contribution in [2.75, 3.05) is 6.54 Å². The van der Waals surface area contributed by atoms with Gasteiger partial charge >= 0.3 is 5.97 Å². The lowest BCUT2D eigenvalue weighted by Crippen LogP contribution is -3.03. The number of hydrogen-bond donors (Lipinski definition) is 2. The second kappa shape index (κ2) is 5.47. The van der Waals surface area contributed by atoms with Crippen molar-refractivity contribution in [3.05, 3.63) is 46.6 Å². The average molecular weight is 315 g/mol. The molecule has 2 N–H and O–H groups in total. The molecule has 1 aliphatic heterocycles. The van der Waals surface area contributed by atoms with Crippen molar-refractivity contribution in [3.63, 3.8) is 0 Å². The van der Waals surface area contributed by atoms with Crippen molar-refractivity contribution in [2.24, 2.45) is 0 Å². The van der Waals surface area contributed by atoms with E-state index in [1.807, 2.05) is 31.4 Å². The van der Waals surface area contributed by atoms with Crippen LogP contribution in [0.5, 0.6) is 0 Å². The van der Waals surface area contributed by atoms with Crippen LogP contribution in [-0.4, -0.2) is 28.4 Å². The Labute approximate surface area is 131 Å². The Morgan fingerprint density at radius 3 is 2.77 bits per heavy atom. The first-order valence-corrected chi connectivity index (χ1v) is 7.81. The summed E-state index contributed by atoms with van der Waals surface area (Å²) in [5.74, 6) is -1.61. The van der Waals surface area contributed by atoms with Crippen LogP contribution in [0.4, 0.5) is 5.69 Å². The van der Waals surface area contributed by atoms with Crippen LogP contribution in [0.3, 0.4) is 0 Å². The van der Waals surface area contributed by atoms with Gasteiger partial charge in [-0.05, 0) is 19.9 Å². The number of aliphatic carboxylic acids is 1. The lowest BCUT2D eigenvalue weighted by Gasteiger charge is -2.21. The third-order valence-corrected chi connectivity index (χ3v) is 4.66. The summed E-state index contributed by atoms with van der Waals surface area (Å²) in [6.07, 6.45) is 1.49. The number of carboxylic acids is 1. The Kier molecular flexibility index (Phi) is 3.64. The fourth-order valence-electron chi connectivity index (χ4n) is 2.54. The van der Waals surface area contributed by atoms with Gasteiger partial charge in [0.05, 0.1) is 12.1 Å². The monoisotopic (exact) mass is 315 g/mol. The van der Waals surface area contributed by atoms with Crippen LogP contribution in [-0.2, 0) is 4.79 Å². The van der Waals surface area contributed by atoms with Gasteiger partial charge in [0, 0.05) is 22.7 Å². The zero-order chi connectivity index (χ0) is 15.9. The minimum Gasteiger partial charge on any atom is -0.477 e. The van der Waals surface area contributed by atoms with Crippen LogP contribution in [0.2, 0.25) is 0 Å². The van der Waals surface area contributed by atoms with E-state index in [1.54, 1.807) is 17.4 Å². The highest BCUT2D eigenvalue weighted by atomic mass is 32.1. The van der Waals surface area contributed by atoms with E-state index < -0.39 is 11.8 Å². The van der Waals surface area contributed by atoms with Crippen molar-refractivity contribution in [2.45, 2.75) is 13.8 Å². The van der Waals surface area contributed by atoms with Gasteiger partial charge < -0.3 is 5.11 Å². The molecule has 1 unspecified atom stereocenters. The van der Waals surface area contributed by atoms with E-state index in [1.165, 1.54) is 6.20 Å². The summed E-state index contributed by atoms with van der Waals surface area (Å²) < 4.78 is 0. The highest BCUT2D eigenvalue weighted by Gasteiger charge is 2.33. The molecule has 3 rings (SSSR count). The summed E-state index contributed by atoms with van der Waals surface area (Å²) in [6.45, 7) is 4.55. The Balaban J connectivity index is 2.11. The molecule has 112 valence electrons. The fraction of sp³-hybridized carbons (Fsp3) is 0.188.